The van der Waals surface area contributed by atoms with Gasteiger partial charge >= 0.3 is 0 Å². The minimum absolute atomic E-state index is 0.264. The molecule has 0 bridgehead atoms. The van der Waals surface area contributed by atoms with Crippen LogP contribution in [0.15, 0.2) is 36.7 Å². The molecule has 2 aromatic rings. The molecule has 1 heterocycles. The maximum Gasteiger partial charge on any atom is 0.127 e. The van der Waals surface area contributed by atoms with Gasteiger partial charge in [0, 0.05) is 12.4 Å². The fourth-order valence-corrected chi connectivity index (χ4v) is 1.28. The van der Waals surface area contributed by atoms with Crippen LogP contribution in [0, 0.1) is 5.82 Å². The Morgan fingerprint density at radius 2 is 2.00 bits per heavy atom. The van der Waals surface area contributed by atoms with Crippen molar-refractivity contribution in [3.63, 3.8) is 0 Å². The summed E-state index contributed by atoms with van der Waals surface area (Å²) in [5.41, 5.74) is 6.73. The highest BCUT2D eigenvalue weighted by Crippen LogP contribution is 2.15. The van der Waals surface area contributed by atoms with Crippen molar-refractivity contribution in [1.82, 2.24) is 9.97 Å². The smallest absolute Gasteiger partial charge is 0.127 e. The molecule has 0 aliphatic heterocycles. The predicted molar refractivity (Wildman–Crippen MR) is 51.0 cm³/mol. The van der Waals surface area contributed by atoms with Crippen molar-refractivity contribution in [1.29, 1.82) is 0 Å². The molecule has 1 aromatic carbocycles. The first-order chi connectivity index (χ1) is 6.77. The summed E-state index contributed by atoms with van der Waals surface area (Å²) in [5, 5.41) is 0. The summed E-state index contributed by atoms with van der Waals surface area (Å²) in [6.07, 6.45) is 3.34. The van der Waals surface area contributed by atoms with E-state index in [1.54, 1.807) is 24.5 Å². The highest BCUT2D eigenvalue weighted by atomic mass is 19.1. The van der Waals surface area contributed by atoms with Crippen LogP contribution in [0.25, 0.3) is 0 Å². The molecule has 3 nitrogen and oxygen atoms in total. The molecule has 14 heavy (non-hydrogen) atoms. The number of hydrogen-bond acceptors (Lipinski definition) is 2. The molecule has 0 spiro atoms. The Kier molecular flexibility index (Phi) is 2.28. The first-order valence-electron chi connectivity index (χ1n) is 4.27. The van der Waals surface area contributed by atoms with Crippen molar-refractivity contribution >= 4 is 0 Å². The fraction of sp³-hybridized carbons (Fsp3) is 0.100. The van der Waals surface area contributed by atoms with Crippen LogP contribution in [0.4, 0.5) is 4.39 Å². The highest BCUT2D eigenvalue weighted by molar-refractivity contribution is 5.24. The van der Waals surface area contributed by atoms with Crippen LogP contribution in [0.5, 0.6) is 0 Å². The lowest BCUT2D eigenvalue weighted by atomic mass is 10.1. The lowest BCUT2D eigenvalue weighted by Crippen LogP contribution is -2.13. The largest absolute Gasteiger partial charge is 0.347 e. The Labute approximate surface area is 80.8 Å². The minimum atomic E-state index is -0.328. The molecule has 0 aliphatic rings. The molecule has 0 amide bonds. The zero-order valence-electron chi connectivity index (χ0n) is 7.44. The van der Waals surface area contributed by atoms with Gasteiger partial charge in [0.2, 0.25) is 0 Å². The molecule has 0 unspecified atom stereocenters. The second-order valence-electron chi connectivity index (χ2n) is 3.00. The van der Waals surface area contributed by atoms with Gasteiger partial charge in [0.05, 0.1) is 6.04 Å². The van der Waals surface area contributed by atoms with E-state index in [9.17, 15) is 4.39 Å². The zero-order valence-corrected chi connectivity index (χ0v) is 7.44. The van der Waals surface area contributed by atoms with Crippen molar-refractivity contribution in [3.8, 4) is 0 Å². The predicted octanol–water partition coefficient (Wildman–Crippen LogP) is 1.60. The van der Waals surface area contributed by atoms with Crippen LogP contribution >= 0.6 is 0 Å². The summed E-state index contributed by atoms with van der Waals surface area (Å²) >= 11 is 0. The van der Waals surface area contributed by atoms with Crippen LogP contribution in [-0.2, 0) is 0 Å². The molecule has 0 fully saturated rings. The van der Waals surface area contributed by atoms with Gasteiger partial charge in [-0.05, 0) is 17.7 Å². The molecule has 2 rings (SSSR count). The van der Waals surface area contributed by atoms with E-state index in [2.05, 4.69) is 9.97 Å². The maximum absolute atomic E-state index is 12.6. The molecule has 0 aliphatic carbocycles. The first kappa shape index (κ1) is 8.90. The molecule has 3 N–H and O–H groups in total. The molecule has 1 atom stereocenters. The first-order valence-corrected chi connectivity index (χ1v) is 4.27. The minimum Gasteiger partial charge on any atom is -0.347 e. The Morgan fingerprint density at radius 1 is 1.29 bits per heavy atom. The molecule has 1 aromatic heterocycles. The van der Waals surface area contributed by atoms with E-state index in [1.165, 1.54) is 12.1 Å². The SMILES string of the molecule is N[C@H](c1ccc(F)cc1)c1ncc[nH]1. The van der Waals surface area contributed by atoms with Crippen LogP contribution in [0.2, 0.25) is 0 Å². The summed E-state index contributed by atoms with van der Waals surface area (Å²) < 4.78 is 12.6. The van der Waals surface area contributed by atoms with Crippen molar-refractivity contribution in [2.75, 3.05) is 0 Å². The number of rotatable bonds is 2. The van der Waals surface area contributed by atoms with Crippen molar-refractivity contribution < 1.29 is 4.39 Å². The van der Waals surface area contributed by atoms with Crippen LogP contribution in [-0.4, -0.2) is 9.97 Å². The van der Waals surface area contributed by atoms with E-state index in [-0.39, 0.29) is 11.9 Å². The molecule has 0 saturated carbocycles. The second kappa shape index (κ2) is 3.59. The Balaban J connectivity index is 2.28. The quantitative estimate of drug-likeness (QED) is 0.757. The number of nitrogens with two attached hydrogens (primary N) is 1. The number of H-pyrrole nitrogens is 1. The normalized spacial score (nSPS) is 12.7. The van der Waals surface area contributed by atoms with E-state index in [4.69, 9.17) is 5.73 Å². The van der Waals surface area contributed by atoms with Gasteiger partial charge in [0.25, 0.3) is 0 Å². The third-order valence-corrected chi connectivity index (χ3v) is 2.04. The highest BCUT2D eigenvalue weighted by Gasteiger charge is 2.10. The van der Waals surface area contributed by atoms with Gasteiger partial charge in [-0.3, -0.25) is 0 Å². The molecule has 4 heteroatoms. The van der Waals surface area contributed by atoms with Crippen molar-refractivity contribution in [3.05, 3.63) is 53.9 Å². The lowest BCUT2D eigenvalue weighted by Gasteiger charge is -2.08. The second-order valence-corrected chi connectivity index (χ2v) is 3.00. The van der Waals surface area contributed by atoms with Crippen LogP contribution in [0.3, 0.4) is 0 Å². The Morgan fingerprint density at radius 3 is 2.57 bits per heavy atom. The summed E-state index contributed by atoms with van der Waals surface area (Å²) in [7, 11) is 0. The number of imidazole rings is 1. The molecule has 72 valence electrons. The summed E-state index contributed by atoms with van der Waals surface area (Å²) in [6, 6.07) is 5.76. The van der Waals surface area contributed by atoms with Gasteiger partial charge in [-0.25, -0.2) is 9.37 Å². The number of benzene rings is 1. The van der Waals surface area contributed by atoms with Gasteiger partial charge in [0.15, 0.2) is 0 Å². The van der Waals surface area contributed by atoms with E-state index in [0.29, 0.717) is 5.82 Å². The molecule has 0 radical (unpaired) electrons. The molecular formula is C10H10FN3. The van der Waals surface area contributed by atoms with Crippen molar-refractivity contribution in [2.24, 2.45) is 5.73 Å². The number of nitrogens with one attached hydrogen (secondary N) is 1. The third kappa shape index (κ3) is 1.65. The van der Waals surface area contributed by atoms with E-state index >= 15 is 0 Å². The lowest BCUT2D eigenvalue weighted by molar-refractivity contribution is 0.626. The standard InChI is InChI=1S/C10H10FN3/c11-8-3-1-7(2-4-8)9(12)10-13-5-6-14-10/h1-6,9H,12H2,(H,13,14)/t9-/m1/s1. The van der Waals surface area contributed by atoms with Gasteiger partial charge in [0.1, 0.15) is 11.6 Å². The number of halogens is 1. The number of nitrogens with zero attached hydrogens (tertiary/aromatic N) is 1. The summed E-state index contributed by atoms with van der Waals surface area (Å²) in [6.45, 7) is 0. The molecular weight excluding hydrogens is 181 g/mol. The number of hydrogen-bond donors (Lipinski definition) is 2. The third-order valence-electron chi connectivity index (χ3n) is 2.04. The molecule has 0 saturated heterocycles. The monoisotopic (exact) mass is 191 g/mol. The topological polar surface area (TPSA) is 54.7 Å². The zero-order chi connectivity index (χ0) is 9.97. The average Bonchev–Trinajstić information content (AvgIpc) is 2.71. The van der Waals surface area contributed by atoms with E-state index in [0.717, 1.165) is 5.56 Å². The van der Waals surface area contributed by atoms with Crippen molar-refractivity contribution in [2.45, 2.75) is 6.04 Å². The maximum atomic E-state index is 12.6. The number of aromatic amines is 1. The van der Waals surface area contributed by atoms with Crippen LogP contribution in [0.1, 0.15) is 17.4 Å². The fourth-order valence-electron chi connectivity index (χ4n) is 1.28. The van der Waals surface area contributed by atoms with E-state index < -0.39 is 0 Å². The van der Waals surface area contributed by atoms with Gasteiger partial charge in [-0.15, -0.1) is 0 Å². The van der Waals surface area contributed by atoms with Gasteiger partial charge < -0.3 is 10.7 Å². The van der Waals surface area contributed by atoms with E-state index in [1.807, 2.05) is 0 Å². The summed E-state index contributed by atoms with van der Waals surface area (Å²) in [4.78, 5) is 6.96. The van der Waals surface area contributed by atoms with Crippen LogP contribution < -0.4 is 5.73 Å². The van der Waals surface area contributed by atoms with Gasteiger partial charge in [-0.2, -0.15) is 0 Å². The Hall–Kier alpha value is -1.68. The average molecular weight is 191 g/mol. The summed E-state index contributed by atoms with van der Waals surface area (Å²) in [5.74, 6) is 0.414. The Bertz CT molecular complexity index is 394. The van der Waals surface area contributed by atoms with Gasteiger partial charge in [-0.1, -0.05) is 12.1 Å². The number of aromatic nitrogens is 2.